The molecule has 324 valence electrons. The lowest BCUT2D eigenvalue weighted by Crippen LogP contribution is -2.53. The van der Waals surface area contributed by atoms with Crippen LogP contribution in [0.3, 0.4) is 0 Å². The van der Waals surface area contributed by atoms with Gasteiger partial charge in [-0.3, -0.25) is 0 Å². The van der Waals surface area contributed by atoms with E-state index in [0.717, 1.165) is 23.4 Å². The molecule has 0 bridgehead atoms. The van der Waals surface area contributed by atoms with Crippen LogP contribution < -0.4 is 20.7 Å². The smallest absolute Gasteiger partial charge is 0.244 e. The number of aryl methyl sites for hydroxylation is 1. The minimum absolute atomic E-state index is 0.00780. The normalized spacial score (nSPS) is 18.2. The van der Waals surface area contributed by atoms with E-state index in [1.807, 2.05) is 0 Å². The Bertz CT molecular complexity index is 3070. The molecule has 2 heterocycles. The molecule has 0 aromatic heterocycles. The Hall–Kier alpha value is -5.71. The Labute approximate surface area is 393 Å². The molecule has 65 heavy (non-hydrogen) atoms. The highest BCUT2D eigenvalue weighted by Gasteiger charge is 2.44. The lowest BCUT2D eigenvalue weighted by atomic mass is 9.37. The quantitative estimate of drug-likeness (QED) is 0.136. The van der Waals surface area contributed by atoms with Crippen LogP contribution in [-0.4, -0.2) is 6.71 Å². The average Bonchev–Trinajstić information content (AvgIpc) is 3.29. The van der Waals surface area contributed by atoms with Gasteiger partial charge in [-0.15, -0.1) is 12.6 Å². The molecule has 2 aliphatic heterocycles. The first-order valence-corrected chi connectivity index (χ1v) is 24.3. The fourth-order valence-corrected chi connectivity index (χ4v) is 12.1. The predicted molar refractivity (Wildman–Crippen MR) is 283 cm³/mol. The van der Waals surface area contributed by atoms with E-state index < -0.39 is 0 Å². The lowest BCUT2D eigenvalue weighted by Gasteiger charge is -2.46. The molecule has 2 nitrogen and oxygen atoms in total. The number of hydrogen-bond acceptors (Lipinski definition) is 3. The summed E-state index contributed by atoms with van der Waals surface area (Å²) in [6.07, 6.45) is 4.67. The maximum atomic E-state index is 5.48. The van der Waals surface area contributed by atoms with Gasteiger partial charge in [-0.25, -0.2) is 0 Å². The highest BCUT2D eigenvalue weighted by Crippen LogP contribution is 2.53. The maximum Gasteiger partial charge on any atom is 0.244 e. The first-order chi connectivity index (χ1) is 31.0. The van der Waals surface area contributed by atoms with Crippen molar-refractivity contribution in [2.45, 2.75) is 115 Å². The van der Waals surface area contributed by atoms with E-state index in [4.69, 9.17) is 12.6 Å². The molecule has 0 saturated carbocycles. The summed E-state index contributed by atoms with van der Waals surface area (Å²) in [7, 11) is 0. The van der Waals surface area contributed by atoms with Crippen molar-refractivity contribution in [1.82, 2.24) is 0 Å². The number of thiol groups is 1. The van der Waals surface area contributed by atoms with E-state index in [9.17, 15) is 0 Å². The van der Waals surface area contributed by atoms with Crippen molar-refractivity contribution in [3.8, 4) is 22.3 Å². The Kier molecular flexibility index (Phi) is 9.63. The fraction of sp³-hybridized carbons (Fsp3) is 0.279. The topological polar surface area (TPSA) is 6.48 Å². The molecule has 0 fully saturated rings. The van der Waals surface area contributed by atoms with Crippen LogP contribution in [0.4, 0.5) is 28.4 Å². The van der Waals surface area contributed by atoms with Gasteiger partial charge in [0.1, 0.15) is 0 Å². The zero-order chi connectivity index (χ0) is 45.2. The van der Waals surface area contributed by atoms with Gasteiger partial charge in [0.2, 0.25) is 6.71 Å². The van der Waals surface area contributed by atoms with Crippen molar-refractivity contribution >= 4 is 64.4 Å². The largest absolute Gasteiger partial charge is 0.311 e. The SMILES string of the molecule is Cc1cc2c3c(c1)N(c1ccc(-c4ccccc4)cc1)c1ccc(-c4ccccc4)cc1B3C=C(c1cc3c(cc1S)C(C)(C)CCC3(C)C)N2c1ccc2c(c1)C(C)(C)CCC2(C)C. The van der Waals surface area contributed by atoms with Crippen LogP contribution in [0.1, 0.15) is 114 Å². The molecule has 0 saturated heterocycles. The lowest BCUT2D eigenvalue weighted by molar-refractivity contribution is 0.331. The molecule has 0 radical (unpaired) electrons. The summed E-state index contributed by atoms with van der Waals surface area (Å²) in [5.74, 6) is 2.60. The molecule has 11 rings (SSSR count). The zero-order valence-electron chi connectivity index (χ0n) is 39.7. The molecule has 4 heteroatoms. The second-order valence-electron chi connectivity index (χ2n) is 22.2. The molecule has 2 aliphatic carbocycles. The van der Waals surface area contributed by atoms with Gasteiger partial charge in [-0.05, 0) is 170 Å². The Balaban J connectivity index is 1.20. The maximum absolute atomic E-state index is 5.48. The monoisotopic (exact) mass is 864 g/mol. The second-order valence-corrected chi connectivity index (χ2v) is 22.6. The summed E-state index contributed by atoms with van der Waals surface area (Å²) in [5, 5.41) is 0. The minimum Gasteiger partial charge on any atom is -0.311 e. The number of anilines is 5. The zero-order valence-corrected chi connectivity index (χ0v) is 40.6. The van der Waals surface area contributed by atoms with Gasteiger partial charge >= 0.3 is 0 Å². The van der Waals surface area contributed by atoms with E-state index in [1.165, 1.54) is 108 Å². The first kappa shape index (κ1) is 42.0. The van der Waals surface area contributed by atoms with Crippen molar-refractivity contribution < 1.29 is 0 Å². The Morgan fingerprint density at radius 3 is 1.55 bits per heavy atom. The molecule has 7 aromatic rings. The van der Waals surface area contributed by atoms with E-state index in [0.29, 0.717) is 0 Å². The molecule has 0 atom stereocenters. The van der Waals surface area contributed by atoms with E-state index >= 15 is 0 Å². The van der Waals surface area contributed by atoms with E-state index in [2.05, 4.69) is 224 Å². The highest BCUT2D eigenvalue weighted by molar-refractivity contribution is 7.80. The molecule has 4 aliphatic rings. The van der Waals surface area contributed by atoms with E-state index in [-0.39, 0.29) is 28.4 Å². The van der Waals surface area contributed by atoms with Crippen LogP contribution in [0.5, 0.6) is 0 Å². The van der Waals surface area contributed by atoms with Crippen LogP contribution in [0.25, 0.3) is 28.0 Å². The molecule has 0 unspecified atom stereocenters. The Morgan fingerprint density at radius 2 is 0.938 bits per heavy atom. The van der Waals surface area contributed by atoms with Crippen molar-refractivity contribution in [2.24, 2.45) is 0 Å². The standard InChI is InChI=1S/C61H61BN2S/c1-39-32-53-57-54(33-39)64(45-25-26-47-48(35-45)59(4,5)29-28-58(47,2)3)55(46-36-49-50(37-56(46)65)61(8,9)31-30-60(49,6)7)38-62(57)51-34-43(41-18-14-11-15-19-41)22-27-52(51)63(53)44-23-20-42(21-24-44)40-16-12-10-13-17-40/h10-27,32-38,65H,28-31H2,1-9H3. The third kappa shape index (κ3) is 6.84. The van der Waals surface area contributed by atoms with Crippen LogP contribution in [0, 0.1) is 6.92 Å². The van der Waals surface area contributed by atoms with Gasteiger partial charge in [0.15, 0.2) is 0 Å². The molecule has 0 spiro atoms. The number of nitrogens with zero attached hydrogens (tertiary/aromatic N) is 2. The summed E-state index contributed by atoms with van der Waals surface area (Å²) in [6, 6.07) is 55.2. The predicted octanol–water partition coefficient (Wildman–Crippen LogP) is 15.4. The molecule has 7 aromatic carbocycles. The first-order valence-electron chi connectivity index (χ1n) is 23.9. The minimum atomic E-state index is -0.00780. The van der Waals surface area contributed by atoms with Crippen LogP contribution in [0.2, 0.25) is 0 Å². The molecule has 0 N–H and O–H groups in total. The van der Waals surface area contributed by atoms with Gasteiger partial charge in [-0.1, -0.05) is 152 Å². The summed E-state index contributed by atoms with van der Waals surface area (Å²) < 4.78 is 0. The van der Waals surface area contributed by atoms with Gasteiger partial charge in [-0.2, -0.15) is 0 Å². The van der Waals surface area contributed by atoms with Gasteiger partial charge in [0.05, 0.1) is 0 Å². The molecular formula is C61H61BN2S. The van der Waals surface area contributed by atoms with Crippen LogP contribution in [0.15, 0.2) is 156 Å². The summed E-state index contributed by atoms with van der Waals surface area (Å²) >= 11 is 5.48. The van der Waals surface area contributed by atoms with Gasteiger partial charge in [0, 0.05) is 44.6 Å². The number of benzene rings is 7. The van der Waals surface area contributed by atoms with E-state index in [1.54, 1.807) is 0 Å². The highest BCUT2D eigenvalue weighted by atomic mass is 32.1. The van der Waals surface area contributed by atoms with Crippen molar-refractivity contribution in [1.29, 1.82) is 0 Å². The average molecular weight is 865 g/mol. The van der Waals surface area contributed by atoms with Crippen molar-refractivity contribution in [3.63, 3.8) is 0 Å². The molecule has 0 amide bonds. The number of rotatable bonds is 5. The number of hydrogen-bond donors (Lipinski definition) is 1. The summed E-state index contributed by atoms with van der Waals surface area (Å²) in [5.41, 5.74) is 23.3. The third-order valence-corrected chi connectivity index (χ3v) is 16.3. The molecular weight excluding hydrogens is 804 g/mol. The van der Waals surface area contributed by atoms with Crippen LogP contribution >= 0.6 is 12.6 Å². The van der Waals surface area contributed by atoms with Gasteiger partial charge in [0.25, 0.3) is 0 Å². The summed E-state index contributed by atoms with van der Waals surface area (Å²) in [4.78, 5) is 6.19. The van der Waals surface area contributed by atoms with Crippen molar-refractivity contribution in [2.75, 3.05) is 9.80 Å². The Morgan fingerprint density at radius 1 is 0.446 bits per heavy atom. The van der Waals surface area contributed by atoms with Gasteiger partial charge < -0.3 is 9.80 Å². The second kappa shape index (κ2) is 14.9. The van der Waals surface area contributed by atoms with Crippen molar-refractivity contribution in [3.05, 3.63) is 185 Å². The fourth-order valence-electron chi connectivity index (χ4n) is 11.8. The summed E-state index contributed by atoms with van der Waals surface area (Å²) in [6.45, 7) is 21.7. The number of fused-ring (bicyclic) bond motifs is 4. The van der Waals surface area contributed by atoms with Crippen LogP contribution in [-0.2, 0) is 21.7 Å². The third-order valence-electron chi connectivity index (χ3n) is 15.9.